The van der Waals surface area contributed by atoms with E-state index < -0.39 is 0 Å². The molecule has 1 aromatic heterocycles. The Labute approximate surface area is 99.8 Å². The molecular formula is C10H18N4OS. The van der Waals surface area contributed by atoms with Gasteiger partial charge in [0.15, 0.2) is 0 Å². The second kappa shape index (κ2) is 5.79. The fourth-order valence-corrected chi connectivity index (χ4v) is 2.34. The summed E-state index contributed by atoms with van der Waals surface area (Å²) < 4.78 is 0. The van der Waals surface area contributed by atoms with Crippen LogP contribution in [0.25, 0.3) is 0 Å². The first-order chi connectivity index (χ1) is 7.60. The molecular weight excluding hydrogens is 224 g/mol. The second-order valence-electron chi connectivity index (χ2n) is 3.64. The van der Waals surface area contributed by atoms with Gasteiger partial charge in [-0.05, 0) is 12.7 Å². The van der Waals surface area contributed by atoms with Crippen molar-refractivity contribution in [2.24, 2.45) is 0 Å². The summed E-state index contributed by atoms with van der Waals surface area (Å²) >= 11 is 1.74. The van der Waals surface area contributed by atoms with Gasteiger partial charge in [0.05, 0.1) is 0 Å². The van der Waals surface area contributed by atoms with Crippen LogP contribution in [0.2, 0.25) is 0 Å². The monoisotopic (exact) mass is 242 g/mol. The molecule has 0 saturated carbocycles. The quantitative estimate of drug-likeness (QED) is 0.813. The summed E-state index contributed by atoms with van der Waals surface area (Å²) in [5.41, 5.74) is 5.91. The normalized spacial score (nSPS) is 12.4. The Kier molecular flexibility index (Phi) is 4.67. The molecule has 0 saturated heterocycles. The van der Waals surface area contributed by atoms with Crippen molar-refractivity contribution in [1.82, 2.24) is 15.1 Å². The average Bonchev–Trinajstić information content (AvgIpc) is 2.70. The lowest BCUT2D eigenvalue weighted by molar-refractivity contribution is 0.0737. The highest BCUT2D eigenvalue weighted by Gasteiger charge is 2.20. The highest BCUT2D eigenvalue weighted by atomic mass is 32.2. The Bertz CT molecular complexity index is 352. The maximum atomic E-state index is 12.0. The first-order valence-electron chi connectivity index (χ1n) is 5.17. The minimum atomic E-state index is -0.0647. The van der Waals surface area contributed by atoms with Gasteiger partial charge in [-0.3, -0.25) is 9.89 Å². The number of aromatic nitrogens is 2. The highest BCUT2D eigenvalue weighted by Crippen LogP contribution is 2.12. The molecule has 0 fully saturated rings. The topological polar surface area (TPSA) is 75.0 Å². The number of aromatic amines is 1. The molecule has 1 amide bonds. The molecule has 0 aromatic carbocycles. The number of amides is 1. The Morgan fingerprint density at radius 2 is 2.44 bits per heavy atom. The van der Waals surface area contributed by atoms with Gasteiger partial charge in [0.25, 0.3) is 5.91 Å². The molecule has 0 aliphatic carbocycles. The number of nitrogen functional groups attached to an aromatic ring is 1. The first-order valence-corrected chi connectivity index (χ1v) is 6.56. The molecule has 5 nitrogen and oxygen atoms in total. The van der Waals surface area contributed by atoms with E-state index in [-0.39, 0.29) is 11.9 Å². The Morgan fingerprint density at radius 3 is 2.88 bits per heavy atom. The lowest BCUT2D eigenvalue weighted by Crippen LogP contribution is -2.38. The maximum Gasteiger partial charge on any atom is 0.271 e. The van der Waals surface area contributed by atoms with E-state index in [0.29, 0.717) is 11.5 Å². The predicted molar refractivity (Wildman–Crippen MR) is 67.6 cm³/mol. The van der Waals surface area contributed by atoms with Crippen LogP contribution in [-0.2, 0) is 0 Å². The number of carbonyl (C=O) groups is 1. The molecule has 1 rings (SSSR count). The number of hydrogen-bond acceptors (Lipinski definition) is 4. The largest absolute Gasteiger partial charge is 0.382 e. The van der Waals surface area contributed by atoms with Crippen LogP contribution in [-0.4, -0.2) is 46.1 Å². The highest BCUT2D eigenvalue weighted by molar-refractivity contribution is 7.98. The van der Waals surface area contributed by atoms with E-state index in [1.807, 2.05) is 13.3 Å². The Morgan fingerprint density at radius 1 is 1.75 bits per heavy atom. The zero-order chi connectivity index (χ0) is 12.1. The summed E-state index contributed by atoms with van der Waals surface area (Å²) in [5, 5.41) is 6.39. The van der Waals surface area contributed by atoms with Crippen LogP contribution in [0.15, 0.2) is 6.07 Å². The predicted octanol–water partition coefficient (Wildman–Crippen LogP) is 1.21. The lowest BCUT2D eigenvalue weighted by Gasteiger charge is -2.26. The average molecular weight is 242 g/mol. The summed E-state index contributed by atoms with van der Waals surface area (Å²) in [6.07, 6.45) is 2.97. The van der Waals surface area contributed by atoms with Crippen LogP contribution in [0.4, 0.5) is 5.82 Å². The molecule has 1 heterocycles. The number of anilines is 1. The minimum absolute atomic E-state index is 0.0647. The number of carbonyl (C=O) groups excluding carboxylic acids is 1. The molecule has 0 radical (unpaired) electrons. The van der Waals surface area contributed by atoms with Gasteiger partial charge in [0, 0.05) is 24.9 Å². The number of hydrogen-bond donors (Lipinski definition) is 2. The fraction of sp³-hybridized carbons (Fsp3) is 0.600. The van der Waals surface area contributed by atoms with Gasteiger partial charge in [0.1, 0.15) is 11.5 Å². The van der Waals surface area contributed by atoms with Gasteiger partial charge in [-0.25, -0.2) is 0 Å². The molecule has 1 atom stereocenters. The van der Waals surface area contributed by atoms with Gasteiger partial charge in [-0.15, -0.1) is 0 Å². The third-order valence-electron chi connectivity index (χ3n) is 2.53. The number of nitrogens with two attached hydrogens (primary N) is 1. The van der Waals surface area contributed by atoms with Crippen molar-refractivity contribution < 1.29 is 4.79 Å². The van der Waals surface area contributed by atoms with Crippen molar-refractivity contribution >= 4 is 23.5 Å². The van der Waals surface area contributed by atoms with Gasteiger partial charge in [-0.1, -0.05) is 6.92 Å². The summed E-state index contributed by atoms with van der Waals surface area (Å²) in [5.74, 6) is 1.21. The SMILES string of the molecule is CCC(CSC)N(C)C(=O)c1cc(N)n[nH]1. The van der Waals surface area contributed by atoms with Crippen molar-refractivity contribution in [3.05, 3.63) is 11.8 Å². The van der Waals surface area contributed by atoms with Gasteiger partial charge >= 0.3 is 0 Å². The number of H-pyrrole nitrogens is 1. The Balaban J connectivity index is 2.72. The van der Waals surface area contributed by atoms with E-state index in [4.69, 9.17) is 5.73 Å². The number of rotatable bonds is 5. The molecule has 0 aliphatic rings. The summed E-state index contributed by atoms with van der Waals surface area (Å²) in [4.78, 5) is 13.8. The minimum Gasteiger partial charge on any atom is -0.382 e. The first kappa shape index (κ1) is 12.9. The summed E-state index contributed by atoms with van der Waals surface area (Å²) in [7, 11) is 1.81. The Hall–Kier alpha value is -1.17. The lowest BCUT2D eigenvalue weighted by atomic mass is 10.2. The van der Waals surface area contributed by atoms with Crippen LogP contribution in [0, 0.1) is 0 Å². The van der Waals surface area contributed by atoms with E-state index in [1.54, 1.807) is 22.7 Å². The van der Waals surface area contributed by atoms with Crippen molar-refractivity contribution in [3.8, 4) is 0 Å². The molecule has 0 bridgehead atoms. The summed E-state index contributed by atoms with van der Waals surface area (Å²) in [6.45, 7) is 2.08. The summed E-state index contributed by atoms with van der Waals surface area (Å²) in [6, 6.07) is 1.80. The van der Waals surface area contributed by atoms with Crippen LogP contribution in [0.5, 0.6) is 0 Å². The van der Waals surface area contributed by atoms with E-state index in [2.05, 4.69) is 17.1 Å². The van der Waals surface area contributed by atoms with E-state index in [1.165, 1.54) is 0 Å². The molecule has 90 valence electrons. The molecule has 3 N–H and O–H groups in total. The van der Waals surface area contributed by atoms with Crippen LogP contribution < -0.4 is 5.73 Å². The maximum absolute atomic E-state index is 12.0. The molecule has 16 heavy (non-hydrogen) atoms. The molecule has 0 spiro atoms. The fourth-order valence-electron chi connectivity index (χ4n) is 1.50. The number of thioether (sulfide) groups is 1. The zero-order valence-corrected chi connectivity index (χ0v) is 10.7. The van der Waals surface area contributed by atoms with Crippen molar-refractivity contribution in [2.75, 3.05) is 24.8 Å². The second-order valence-corrected chi connectivity index (χ2v) is 4.55. The smallest absolute Gasteiger partial charge is 0.271 e. The molecule has 0 aliphatic heterocycles. The van der Waals surface area contributed by atoms with Gasteiger partial charge in [-0.2, -0.15) is 16.9 Å². The van der Waals surface area contributed by atoms with Crippen LogP contribution in [0.3, 0.4) is 0 Å². The molecule has 1 aromatic rings. The van der Waals surface area contributed by atoms with Crippen molar-refractivity contribution in [3.63, 3.8) is 0 Å². The van der Waals surface area contributed by atoms with Crippen molar-refractivity contribution in [1.29, 1.82) is 0 Å². The van der Waals surface area contributed by atoms with E-state index >= 15 is 0 Å². The van der Waals surface area contributed by atoms with Gasteiger partial charge < -0.3 is 10.6 Å². The third-order valence-corrected chi connectivity index (χ3v) is 3.24. The van der Waals surface area contributed by atoms with Crippen LogP contribution >= 0.6 is 11.8 Å². The number of nitrogens with one attached hydrogen (secondary N) is 1. The van der Waals surface area contributed by atoms with E-state index in [0.717, 1.165) is 12.2 Å². The number of nitrogens with zero attached hydrogens (tertiary/aromatic N) is 2. The zero-order valence-electron chi connectivity index (χ0n) is 9.86. The van der Waals surface area contributed by atoms with Crippen LogP contribution in [0.1, 0.15) is 23.8 Å². The standard InChI is InChI=1S/C10H18N4OS/c1-4-7(6-16-3)14(2)10(15)8-5-9(11)13-12-8/h5,7H,4,6H2,1-3H3,(H3,11,12,13). The van der Waals surface area contributed by atoms with E-state index in [9.17, 15) is 4.79 Å². The molecule has 1 unspecified atom stereocenters. The van der Waals surface area contributed by atoms with Crippen molar-refractivity contribution in [2.45, 2.75) is 19.4 Å². The third kappa shape index (κ3) is 2.91. The van der Waals surface area contributed by atoms with Gasteiger partial charge in [0.2, 0.25) is 0 Å². The molecule has 6 heteroatoms.